The molecule has 1 amide bonds. The Kier molecular flexibility index (Phi) is 4.40. The van der Waals surface area contributed by atoms with Crippen molar-refractivity contribution in [3.63, 3.8) is 0 Å². The van der Waals surface area contributed by atoms with Crippen molar-refractivity contribution in [1.29, 1.82) is 0 Å². The van der Waals surface area contributed by atoms with Gasteiger partial charge in [-0.1, -0.05) is 19.8 Å². The maximum absolute atomic E-state index is 14.0. The van der Waals surface area contributed by atoms with E-state index < -0.39 is 0 Å². The van der Waals surface area contributed by atoms with E-state index in [9.17, 15) is 9.18 Å². The average Bonchev–Trinajstić information content (AvgIpc) is 2.38. The van der Waals surface area contributed by atoms with Crippen LogP contribution in [-0.4, -0.2) is 11.9 Å². The largest absolute Gasteiger partial charge is 0.380 e. The molecule has 0 saturated heterocycles. The first kappa shape index (κ1) is 13.8. The fourth-order valence-corrected chi connectivity index (χ4v) is 2.36. The first-order valence-corrected chi connectivity index (χ1v) is 6.99. The van der Waals surface area contributed by atoms with Crippen LogP contribution in [0.15, 0.2) is 12.1 Å². The first-order chi connectivity index (χ1) is 9.10. The van der Waals surface area contributed by atoms with Crippen LogP contribution in [0.4, 0.5) is 15.8 Å². The van der Waals surface area contributed by atoms with Crippen LogP contribution in [0.3, 0.4) is 0 Å². The normalized spacial score (nSPS) is 15.6. The molecule has 0 aromatic heterocycles. The van der Waals surface area contributed by atoms with Crippen LogP contribution in [-0.2, 0) is 11.2 Å². The summed E-state index contributed by atoms with van der Waals surface area (Å²) >= 11 is 0. The maximum atomic E-state index is 14.0. The number of hydrogen-bond acceptors (Lipinski definition) is 2. The molecule has 0 aliphatic carbocycles. The maximum Gasteiger partial charge on any atom is 0.224 e. The van der Waals surface area contributed by atoms with Crippen molar-refractivity contribution in [3.8, 4) is 0 Å². The molecule has 1 aliphatic heterocycles. The molecule has 0 spiro atoms. The molecule has 1 heterocycles. The molecule has 0 bridgehead atoms. The number of anilines is 2. The van der Waals surface area contributed by atoms with E-state index in [1.807, 2.05) is 6.92 Å². The van der Waals surface area contributed by atoms with Crippen molar-refractivity contribution in [3.05, 3.63) is 23.5 Å². The van der Waals surface area contributed by atoms with Crippen molar-refractivity contribution in [2.45, 2.75) is 52.0 Å². The number of rotatable bonds is 5. The number of aryl methyl sites for hydroxylation is 1. The Labute approximate surface area is 113 Å². The van der Waals surface area contributed by atoms with Gasteiger partial charge in [0.2, 0.25) is 5.91 Å². The van der Waals surface area contributed by atoms with Crippen molar-refractivity contribution in [2.75, 3.05) is 10.6 Å². The number of halogens is 1. The minimum atomic E-state index is -0.238. The molecular weight excluding hydrogens is 243 g/mol. The average molecular weight is 264 g/mol. The second-order valence-corrected chi connectivity index (χ2v) is 5.22. The van der Waals surface area contributed by atoms with E-state index in [0.29, 0.717) is 18.5 Å². The fourth-order valence-electron chi connectivity index (χ4n) is 2.36. The summed E-state index contributed by atoms with van der Waals surface area (Å²) in [6.45, 7) is 4.19. The van der Waals surface area contributed by atoms with Gasteiger partial charge >= 0.3 is 0 Å². The third-order valence-corrected chi connectivity index (χ3v) is 3.48. The number of benzene rings is 1. The molecule has 1 unspecified atom stereocenters. The molecule has 2 rings (SSSR count). The van der Waals surface area contributed by atoms with E-state index in [1.54, 1.807) is 6.07 Å². The van der Waals surface area contributed by atoms with Crippen molar-refractivity contribution >= 4 is 17.3 Å². The highest BCUT2D eigenvalue weighted by Crippen LogP contribution is 2.29. The van der Waals surface area contributed by atoms with Gasteiger partial charge in [0, 0.05) is 18.2 Å². The monoisotopic (exact) mass is 264 g/mol. The molecular formula is C15H21FN2O. The summed E-state index contributed by atoms with van der Waals surface area (Å²) in [5.74, 6) is -0.234. The number of amides is 1. The van der Waals surface area contributed by atoms with E-state index in [2.05, 4.69) is 17.6 Å². The van der Waals surface area contributed by atoms with Gasteiger partial charge in [-0.05, 0) is 37.5 Å². The van der Waals surface area contributed by atoms with Gasteiger partial charge in [0.25, 0.3) is 0 Å². The lowest BCUT2D eigenvalue weighted by molar-refractivity contribution is -0.116. The Balaban J connectivity index is 2.12. The highest BCUT2D eigenvalue weighted by molar-refractivity contribution is 5.94. The molecule has 0 fully saturated rings. The van der Waals surface area contributed by atoms with Crippen LogP contribution in [0.25, 0.3) is 0 Å². The van der Waals surface area contributed by atoms with Gasteiger partial charge in [0.15, 0.2) is 0 Å². The van der Waals surface area contributed by atoms with Gasteiger partial charge in [-0.15, -0.1) is 0 Å². The number of carbonyl (C=O) groups is 1. The molecule has 1 atom stereocenters. The predicted octanol–water partition coefficient (Wildman–Crippen LogP) is 3.70. The quantitative estimate of drug-likeness (QED) is 0.851. The summed E-state index contributed by atoms with van der Waals surface area (Å²) in [4.78, 5) is 11.4. The Morgan fingerprint density at radius 2 is 2.21 bits per heavy atom. The Morgan fingerprint density at radius 1 is 1.42 bits per heavy atom. The van der Waals surface area contributed by atoms with Crippen LogP contribution in [0.1, 0.15) is 45.1 Å². The number of carbonyl (C=O) groups excluding carboxylic acids is 1. The summed E-state index contributed by atoms with van der Waals surface area (Å²) < 4.78 is 14.0. The molecule has 1 aliphatic rings. The lowest BCUT2D eigenvalue weighted by atomic mass is 10.0. The van der Waals surface area contributed by atoms with Crippen molar-refractivity contribution in [2.24, 2.45) is 0 Å². The third-order valence-electron chi connectivity index (χ3n) is 3.48. The number of hydrogen-bond donors (Lipinski definition) is 2. The van der Waals surface area contributed by atoms with Crippen molar-refractivity contribution in [1.82, 2.24) is 0 Å². The van der Waals surface area contributed by atoms with Crippen LogP contribution in [0.2, 0.25) is 0 Å². The van der Waals surface area contributed by atoms with Crippen LogP contribution < -0.4 is 10.6 Å². The van der Waals surface area contributed by atoms with Gasteiger partial charge in [-0.25, -0.2) is 4.39 Å². The van der Waals surface area contributed by atoms with E-state index in [-0.39, 0.29) is 17.8 Å². The molecule has 4 heteroatoms. The molecule has 2 N–H and O–H groups in total. The lowest BCUT2D eigenvalue weighted by Crippen LogP contribution is -2.21. The summed E-state index contributed by atoms with van der Waals surface area (Å²) in [5, 5.41) is 5.98. The van der Waals surface area contributed by atoms with Crippen LogP contribution in [0.5, 0.6) is 0 Å². The standard InChI is InChI=1S/C15H21FN2O/c1-3-4-5-10(2)17-14-9-13-11(8-12(14)16)6-7-15(19)18-13/h8-10,17H,3-7H2,1-2H3,(H,18,19). The highest BCUT2D eigenvalue weighted by atomic mass is 19.1. The summed E-state index contributed by atoms with van der Waals surface area (Å²) in [6.07, 6.45) is 4.32. The molecule has 19 heavy (non-hydrogen) atoms. The van der Waals surface area contributed by atoms with Crippen LogP contribution in [0, 0.1) is 5.82 Å². The zero-order valence-corrected chi connectivity index (χ0v) is 11.6. The Morgan fingerprint density at radius 3 is 2.95 bits per heavy atom. The van der Waals surface area contributed by atoms with Gasteiger partial charge in [0.1, 0.15) is 5.82 Å². The van der Waals surface area contributed by atoms with Gasteiger partial charge in [-0.3, -0.25) is 4.79 Å². The minimum Gasteiger partial charge on any atom is -0.380 e. The van der Waals surface area contributed by atoms with Crippen LogP contribution >= 0.6 is 0 Å². The third kappa shape index (κ3) is 3.46. The second-order valence-electron chi connectivity index (χ2n) is 5.22. The van der Waals surface area contributed by atoms with E-state index in [1.165, 1.54) is 6.07 Å². The Hall–Kier alpha value is -1.58. The van der Waals surface area contributed by atoms with Gasteiger partial charge in [0.05, 0.1) is 5.69 Å². The summed E-state index contributed by atoms with van der Waals surface area (Å²) in [5.41, 5.74) is 2.09. The molecule has 0 saturated carbocycles. The smallest absolute Gasteiger partial charge is 0.224 e. The topological polar surface area (TPSA) is 41.1 Å². The van der Waals surface area contributed by atoms with Gasteiger partial charge in [-0.2, -0.15) is 0 Å². The number of unbranched alkanes of at least 4 members (excludes halogenated alkanes) is 1. The molecule has 104 valence electrons. The number of nitrogens with one attached hydrogen (secondary N) is 2. The van der Waals surface area contributed by atoms with Crippen molar-refractivity contribution < 1.29 is 9.18 Å². The lowest BCUT2D eigenvalue weighted by Gasteiger charge is -2.21. The van der Waals surface area contributed by atoms with E-state index >= 15 is 0 Å². The van der Waals surface area contributed by atoms with E-state index in [4.69, 9.17) is 0 Å². The zero-order valence-electron chi connectivity index (χ0n) is 11.6. The minimum absolute atomic E-state index is 0.00379. The number of fused-ring (bicyclic) bond motifs is 1. The molecule has 1 aromatic rings. The van der Waals surface area contributed by atoms with E-state index in [0.717, 1.165) is 30.5 Å². The molecule has 1 aromatic carbocycles. The SMILES string of the molecule is CCCCC(C)Nc1cc2c(cc1F)CCC(=O)N2. The summed E-state index contributed by atoms with van der Waals surface area (Å²) in [7, 11) is 0. The highest BCUT2D eigenvalue weighted by Gasteiger charge is 2.18. The predicted molar refractivity (Wildman–Crippen MR) is 76.0 cm³/mol. The molecule has 0 radical (unpaired) electrons. The Bertz CT molecular complexity index is 473. The first-order valence-electron chi connectivity index (χ1n) is 6.99. The van der Waals surface area contributed by atoms with Gasteiger partial charge < -0.3 is 10.6 Å². The second kappa shape index (κ2) is 6.04. The zero-order chi connectivity index (χ0) is 13.8. The molecule has 3 nitrogen and oxygen atoms in total. The summed E-state index contributed by atoms with van der Waals surface area (Å²) in [6, 6.07) is 3.47. The fraction of sp³-hybridized carbons (Fsp3) is 0.533.